The molecule has 1 unspecified atom stereocenters. The molecule has 2 N–H and O–H groups in total. The fourth-order valence-corrected chi connectivity index (χ4v) is 2.71. The van der Waals surface area contributed by atoms with E-state index in [0.29, 0.717) is 13.1 Å². The second-order valence-corrected chi connectivity index (χ2v) is 6.12. The zero-order valence-electron chi connectivity index (χ0n) is 12.4. The van der Waals surface area contributed by atoms with Crippen molar-refractivity contribution in [3.63, 3.8) is 0 Å². The zero-order valence-corrected chi connectivity index (χ0v) is 12.4. The average molecular weight is 290 g/mol. The van der Waals surface area contributed by atoms with Gasteiger partial charge in [-0.3, -0.25) is 4.79 Å². The highest BCUT2D eigenvalue weighted by molar-refractivity contribution is 5.83. The molecule has 1 fully saturated rings. The van der Waals surface area contributed by atoms with Gasteiger partial charge in [0.15, 0.2) is 6.10 Å². The molecule has 2 aliphatic rings. The smallest absolute Gasteiger partial charge is 0.262 e. The van der Waals surface area contributed by atoms with Crippen LogP contribution in [0.4, 0.5) is 5.69 Å². The van der Waals surface area contributed by atoms with Gasteiger partial charge in [-0.05, 0) is 30.4 Å². The third-order valence-corrected chi connectivity index (χ3v) is 4.32. The number of hydrogen-bond acceptors (Lipinski definition) is 4. The lowest BCUT2D eigenvalue weighted by molar-refractivity contribution is -0.128. The zero-order chi connectivity index (χ0) is 14.7. The number of fused-ring (bicyclic) bond motifs is 1. The van der Waals surface area contributed by atoms with E-state index >= 15 is 0 Å². The van der Waals surface area contributed by atoms with Crippen molar-refractivity contribution in [2.24, 2.45) is 5.41 Å². The molecule has 0 spiro atoms. The second kappa shape index (κ2) is 5.93. The minimum absolute atomic E-state index is 0.0512. The minimum Gasteiger partial charge on any atom is -0.477 e. The van der Waals surface area contributed by atoms with Crippen molar-refractivity contribution in [3.8, 4) is 5.75 Å². The number of carbonyl (C=O) groups is 1. The van der Waals surface area contributed by atoms with Crippen molar-refractivity contribution in [2.75, 3.05) is 31.6 Å². The van der Waals surface area contributed by atoms with Crippen molar-refractivity contribution in [1.82, 2.24) is 5.32 Å². The topological polar surface area (TPSA) is 59.6 Å². The Morgan fingerprint density at radius 2 is 2.14 bits per heavy atom. The van der Waals surface area contributed by atoms with Crippen molar-refractivity contribution < 1.29 is 14.3 Å². The second-order valence-electron chi connectivity index (χ2n) is 6.12. The first-order valence-corrected chi connectivity index (χ1v) is 7.51. The lowest BCUT2D eigenvalue weighted by Crippen LogP contribution is -2.48. The number of benzene rings is 1. The quantitative estimate of drug-likeness (QED) is 0.891. The van der Waals surface area contributed by atoms with Crippen LogP contribution in [-0.2, 0) is 9.53 Å². The summed E-state index contributed by atoms with van der Waals surface area (Å²) in [5, 5.41) is 6.27. The van der Waals surface area contributed by atoms with Crippen molar-refractivity contribution in [2.45, 2.75) is 25.9 Å². The van der Waals surface area contributed by atoms with E-state index in [-0.39, 0.29) is 11.3 Å². The number of ether oxygens (including phenoxy) is 2. The number of carbonyl (C=O) groups excluding carboxylic acids is 1. The lowest BCUT2D eigenvalue weighted by Gasteiger charge is -2.34. The van der Waals surface area contributed by atoms with E-state index in [1.54, 1.807) is 0 Å². The van der Waals surface area contributed by atoms with Crippen molar-refractivity contribution in [3.05, 3.63) is 24.3 Å². The Morgan fingerprint density at radius 1 is 1.38 bits per heavy atom. The summed E-state index contributed by atoms with van der Waals surface area (Å²) in [5.74, 6) is 0.686. The van der Waals surface area contributed by atoms with E-state index in [1.807, 2.05) is 24.3 Å². The summed E-state index contributed by atoms with van der Waals surface area (Å²) >= 11 is 0. The Balaban J connectivity index is 1.55. The summed E-state index contributed by atoms with van der Waals surface area (Å²) in [6.45, 7) is 4.94. The molecule has 114 valence electrons. The molecule has 0 aromatic heterocycles. The molecule has 5 heteroatoms. The first-order chi connectivity index (χ1) is 10.2. The molecule has 2 heterocycles. The first-order valence-electron chi connectivity index (χ1n) is 7.51. The maximum atomic E-state index is 12.3. The number of amides is 1. The molecule has 1 atom stereocenters. The highest BCUT2D eigenvalue weighted by Gasteiger charge is 2.30. The van der Waals surface area contributed by atoms with Gasteiger partial charge in [0.05, 0.1) is 12.2 Å². The molecule has 1 aromatic rings. The SMILES string of the molecule is CC1(CNC(=O)C2CNc3ccccc3O2)CCOCC1. The van der Waals surface area contributed by atoms with Gasteiger partial charge in [-0.25, -0.2) is 0 Å². The third kappa shape index (κ3) is 3.29. The average Bonchev–Trinajstić information content (AvgIpc) is 2.53. The standard InChI is InChI=1S/C16H22N2O3/c1-16(6-8-20-9-7-16)11-18-15(19)14-10-17-12-4-2-3-5-13(12)21-14/h2-5,14,17H,6-11H2,1H3,(H,18,19). The van der Waals surface area contributed by atoms with Crippen LogP contribution in [0.2, 0.25) is 0 Å². The highest BCUT2D eigenvalue weighted by atomic mass is 16.5. The van der Waals surface area contributed by atoms with E-state index in [9.17, 15) is 4.79 Å². The number of rotatable bonds is 3. The Morgan fingerprint density at radius 3 is 2.95 bits per heavy atom. The van der Waals surface area contributed by atoms with Gasteiger partial charge in [0.25, 0.3) is 5.91 Å². The fourth-order valence-electron chi connectivity index (χ4n) is 2.71. The van der Waals surface area contributed by atoms with Crippen molar-refractivity contribution >= 4 is 11.6 Å². The largest absolute Gasteiger partial charge is 0.477 e. The lowest BCUT2D eigenvalue weighted by atomic mass is 9.82. The van der Waals surface area contributed by atoms with Gasteiger partial charge >= 0.3 is 0 Å². The molecule has 1 amide bonds. The summed E-state index contributed by atoms with van der Waals surface area (Å²) < 4.78 is 11.1. The molecule has 1 aromatic carbocycles. The van der Waals surface area contributed by atoms with Crippen LogP contribution >= 0.6 is 0 Å². The van der Waals surface area contributed by atoms with Crippen LogP contribution < -0.4 is 15.4 Å². The molecular weight excluding hydrogens is 268 g/mol. The molecule has 2 aliphatic heterocycles. The van der Waals surface area contributed by atoms with Crippen LogP contribution in [0.3, 0.4) is 0 Å². The summed E-state index contributed by atoms with van der Waals surface area (Å²) in [7, 11) is 0. The van der Waals surface area contributed by atoms with Crippen LogP contribution in [0.1, 0.15) is 19.8 Å². The molecule has 3 rings (SSSR count). The van der Waals surface area contributed by atoms with Gasteiger partial charge in [0, 0.05) is 19.8 Å². The Bertz CT molecular complexity index is 512. The Hall–Kier alpha value is -1.75. The summed E-state index contributed by atoms with van der Waals surface area (Å²) in [6.07, 6.45) is 1.50. The molecule has 5 nitrogen and oxygen atoms in total. The van der Waals surface area contributed by atoms with Gasteiger partial charge < -0.3 is 20.1 Å². The summed E-state index contributed by atoms with van der Waals surface area (Å²) in [4.78, 5) is 12.3. The van der Waals surface area contributed by atoms with Gasteiger partial charge in [-0.1, -0.05) is 19.1 Å². The van der Waals surface area contributed by atoms with Gasteiger partial charge in [-0.15, -0.1) is 0 Å². The van der Waals surface area contributed by atoms with Crippen LogP contribution in [0.25, 0.3) is 0 Å². The van der Waals surface area contributed by atoms with E-state index in [2.05, 4.69) is 17.6 Å². The molecule has 21 heavy (non-hydrogen) atoms. The summed E-state index contributed by atoms with van der Waals surface area (Å²) in [5.41, 5.74) is 1.08. The fraction of sp³-hybridized carbons (Fsp3) is 0.562. The number of hydrogen-bond donors (Lipinski definition) is 2. The van der Waals surface area contributed by atoms with Gasteiger partial charge in [-0.2, -0.15) is 0 Å². The number of nitrogens with one attached hydrogen (secondary N) is 2. The molecule has 0 saturated carbocycles. The van der Waals surface area contributed by atoms with Crippen LogP contribution in [0.15, 0.2) is 24.3 Å². The van der Waals surface area contributed by atoms with Crippen molar-refractivity contribution in [1.29, 1.82) is 0 Å². The molecule has 0 aliphatic carbocycles. The molecular formula is C16H22N2O3. The number of anilines is 1. The van der Waals surface area contributed by atoms with E-state index in [1.165, 1.54) is 0 Å². The summed E-state index contributed by atoms with van der Waals surface area (Å²) in [6, 6.07) is 7.68. The van der Waals surface area contributed by atoms with Crippen LogP contribution in [-0.4, -0.2) is 38.3 Å². The molecule has 0 radical (unpaired) electrons. The predicted molar refractivity (Wildman–Crippen MR) is 80.5 cm³/mol. The number of para-hydroxylation sites is 2. The maximum Gasteiger partial charge on any atom is 0.262 e. The maximum absolute atomic E-state index is 12.3. The monoisotopic (exact) mass is 290 g/mol. The van der Waals surface area contributed by atoms with Crippen LogP contribution in [0.5, 0.6) is 5.75 Å². The predicted octanol–water partition coefficient (Wildman–Crippen LogP) is 1.79. The van der Waals surface area contributed by atoms with E-state index < -0.39 is 6.10 Å². The first kappa shape index (κ1) is 14.2. The molecule has 0 bridgehead atoms. The highest BCUT2D eigenvalue weighted by Crippen LogP contribution is 2.30. The van der Waals surface area contributed by atoms with Crippen LogP contribution in [0, 0.1) is 5.41 Å². The normalized spacial score (nSPS) is 23.4. The Kier molecular flexibility index (Phi) is 4.01. The van der Waals surface area contributed by atoms with E-state index in [4.69, 9.17) is 9.47 Å². The minimum atomic E-state index is -0.469. The van der Waals surface area contributed by atoms with Gasteiger partial charge in [0.2, 0.25) is 0 Å². The van der Waals surface area contributed by atoms with E-state index in [0.717, 1.165) is 37.5 Å². The molecule has 1 saturated heterocycles. The van der Waals surface area contributed by atoms with Gasteiger partial charge in [0.1, 0.15) is 5.75 Å². The Labute approximate surface area is 125 Å². The third-order valence-electron chi connectivity index (χ3n) is 4.32.